The largest absolute Gasteiger partial charge is 0.457 e. The van der Waals surface area contributed by atoms with E-state index in [4.69, 9.17) is 4.74 Å². The van der Waals surface area contributed by atoms with Gasteiger partial charge in [-0.3, -0.25) is 4.72 Å². The van der Waals surface area contributed by atoms with Gasteiger partial charge in [0.2, 0.25) is 10.0 Å². The summed E-state index contributed by atoms with van der Waals surface area (Å²) < 4.78 is 30.9. The van der Waals surface area contributed by atoms with Gasteiger partial charge in [0.15, 0.2) is 0 Å². The highest BCUT2D eigenvalue weighted by Gasteiger charge is 2.27. The molecule has 23 heavy (non-hydrogen) atoms. The number of carbonyl (C=O) groups excluding carboxylic acids is 1. The van der Waals surface area contributed by atoms with E-state index in [0.717, 1.165) is 12.8 Å². The number of benzene rings is 1. The van der Waals surface area contributed by atoms with Gasteiger partial charge >= 0.3 is 5.97 Å². The van der Waals surface area contributed by atoms with Gasteiger partial charge < -0.3 is 9.64 Å². The van der Waals surface area contributed by atoms with Gasteiger partial charge in [0.1, 0.15) is 11.3 Å². The van der Waals surface area contributed by atoms with Gasteiger partial charge in [0.05, 0.1) is 17.5 Å². The third-order valence-corrected chi connectivity index (χ3v) is 6.45. The van der Waals surface area contributed by atoms with Crippen molar-refractivity contribution >= 4 is 45.2 Å². The van der Waals surface area contributed by atoms with Crippen molar-refractivity contribution in [2.75, 3.05) is 17.5 Å². The molecule has 2 heterocycles. The number of cyclic esters (lactones) is 1. The summed E-state index contributed by atoms with van der Waals surface area (Å²) in [5, 5.41) is 2.01. The van der Waals surface area contributed by atoms with Gasteiger partial charge in [-0.1, -0.05) is 23.5 Å². The quantitative estimate of drug-likeness (QED) is 0.796. The minimum absolute atomic E-state index is 0.107. The van der Waals surface area contributed by atoms with Crippen LogP contribution in [-0.2, 0) is 21.4 Å². The van der Waals surface area contributed by atoms with Gasteiger partial charge in [0, 0.05) is 23.2 Å². The number of hydrogen-bond donors (Lipinski definition) is 1. The minimum Gasteiger partial charge on any atom is -0.457 e. The summed E-state index contributed by atoms with van der Waals surface area (Å²) in [6.07, 6.45) is 3.12. The smallest absolute Gasteiger partial charge is 0.338 e. The molecule has 124 valence electrons. The van der Waals surface area contributed by atoms with E-state index in [1.807, 2.05) is 11.6 Å². The Morgan fingerprint density at radius 3 is 2.96 bits per heavy atom. The van der Waals surface area contributed by atoms with Crippen molar-refractivity contribution in [1.29, 1.82) is 0 Å². The molecular weight excluding hydrogens is 356 g/mol. The number of esters is 1. The van der Waals surface area contributed by atoms with E-state index in [1.54, 1.807) is 23.9 Å². The molecule has 9 heteroatoms. The molecule has 0 spiro atoms. The number of nitrogens with one attached hydrogen (secondary N) is 1. The van der Waals surface area contributed by atoms with E-state index in [-0.39, 0.29) is 17.3 Å². The van der Waals surface area contributed by atoms with Crippen LogP contribution in [-0.4, -0.2) is 36.8 Å². The SMILES string of the molecule is CCN1C=CSC1Sc1cc2c(cc1NS(C)(=O)=O)COC2=O. The first-order valence-electron chi connectivity index (χ1n) is 6.94. The maximum atomic E-state index is 11.8. The highest BCUT2D eigenvalue weighted by atomic mass is 32.2. The third kappa shape index (κ3) is 3.61. The molecule has 0 aliphatic carbocycles. The van der Waals surface area contributed by atoms with Gasteiger partial charge in [-0.2, -0.15) is 0 Å². The first-order chi connectivity index (χ1) is 10.9. The number of carbonyl (C=O) groups is 1. The van der Waals surface area contributed by atoms with Gasteiger partial charge in [-0.05, 0) is 24.5 Å². The summed E-state index contributed by atoms with van der Waals surface area (Å²) in [6.45, 7) is 3.08. The molecule has 1 atom stereocenters. The predicted molar refractivity (Wildman–Crippen MR) is 92.8 cm³/mol. The summed E-state index contributed by atoms with van der Waals surface area (Å²) in [5.41, 5.74) is 1.69. The molecule has 0 saturated carbocycles. The summed E-state index contributed by atoms with van der Waals surface area (Å²) in [6, 6.07) is 3.41. The van der Waals surface area contributed by atoms with Crippen molar-refractivity contribution in [2.24, 2.45) is 0 Å². The standard InChI is InChI=1S/C14H16N2O4S3/c1-3-16-4-5-21-14(16)22-12-7-10-9(8-20-13(10)17)6-11(12)15-23(2,18)19/h4-7,14-15H,3,8H2,1-2H3. The zero-order chi connectivity index (χ0) is 16.6. The van der Waals surface area contributed by atoms with E-state index in [1.165, 1.54) is 11.8 Å². The van der Waals surface area contributed by atoms with Crippen LogP contribution < -0.4 is 4.72 Å². The zero-order valence-corrected chi connectivity index (χ0v) is 15.1. The van der Waals surface area contributed by atoms with Crippen molar-refractivity contribution in [3.63, 3.8) is 0 Å². The average molecular weight is 372 g/mol. The molecule has 1 aromatic rings. The summed E-state index contributed by atoms with van der Waals surface area (Å²) in [5.74, 6) is -0.364. The number of anilines is 1. The second-order valence-corrected chi connectivity index (χ2v) is 9.29. The fourth-order valence-electron chi connectivity index (χ4n) is 2.32. The zero-order valence-electron chi connectivity index (χ0n) is 12.6. The molecule has 6 nitrogen and oxygen atoms in total. The molecule has 2 aliphatic rings. The van der Waals surface area contributed by atoms with Crippen LogP contribution in [0.1, 0.15) is 22.8 Å². The molecule has 3 rings (SSSR count). The lowest BCUT2D eigenvalue weighted by Crippen LogP contribution is -2.21. The van der Waals surface area contributed by atoms with Crippen molar-refractivity contribution in [2.45, 2.75) is 23.1 Å². The van der Waals surface area contributed by atoms with E-state index in [0.29, 0.717) is 21.7 Å². The molecule has 0 amide bonds. The average Bonchev–Trinajstić information content (AvgIpc) is 3.05. The Kier molecular flexibility index (Phi) is 4.52. The topological polar surface area (TPSA) is 75.7 Å². The second-order valence-electron chi connectivity index (χ2n) is 5.13. The van der Waals surface area contributed by atoms with Crippen molar-refractivity contribution in [1.82, 2.24) is 4.90 Å². The first kappa shape index (κ1) is 16.5. The fraction of sp³-hybridized carbons (Fsp3) is 0.357. The molecule has 0 saturated heterocycles. The van der Waals surface area contributed by atoms with Crippen LogP contribution in [0.25, 0.3) is 0 Å². The molecule has 0 aromatic heterocycles. The van der Waals surface area contributed by atoms with Crippen LogP contribution >= 0.6 is 23.5 Å². The summed E-state index contributed by atoms with van der Waals surface area (Å²) >= 11 is 3.16. The molecule has 1 N–H and O–H groups in total. The van der Waals surface area contributed by atoms with E-state index >= 15 is 0 Å². The van der Waals surface area contributed by atoms with Gasteiger partial charge in [-0.15, -0.1) is 0 Å². The Labute approximate surface area is 143 Å². The Morgan fingerprint density at radius 1 is 1.48 bits per heavy atom. The monoisotopic (exact) mass is 372 g/mol. The maximum Gasteiger partial charge on any atom is 0.338 e. The van der Waals surface area contributed by atoms with Crippen LogP contribution in [0.5, 0.6) is 0 Å². The number of fused-ring (bicyclic) bond motifs is 1. The number of sulfonamides is 1. The Balaban J connectivity index is 1.96. The summed E-state index contributed by atoms with van der Waals surface area (Å²) in [7, 11) is -3.41. The molecule has 1 unspecified atom stereocenters. The lowest BCUT2D eigenvalue weighted by Gasteiger charge is -2.23. The van der Waals surface area contributed by atoms with Crippen LogP contribution in [0, 0.1) is 0 Å². The van der Waals surface area contributed by atoms with Crippen LogP contribution in [0.4, 0.5) is 5.69 Å². The molecule has 0 fully saturated rings. The molecule has 2 aliphatic heterocycles. The van der Waals surface area contributed by atoms with Crippen molar-refractivity contribution in [3.05, 3.63) is 34.9 Å². The third-order valence-electron chi connectivity index (χ3n) is 3.39. The number of nitrogens with zero attached hydrogens (tertiary/aromatic N) is 1. The number of thioether (sulfide) groups is 2. The predicted octanol–water partition coefficient (Wildman–Crippen LogP) is 2.64. The second kappa shape index (κ2) is 6.29. The molecule has 1 aromatic carbocycles. The number of rotatable bonds is 5. The molecular formula is C14H16N2O4S3. The van der Waals surface area contributed by atoms with E-state index in [2.05, 4.69) is 16.5 Å². The maximum absolute atomic E-state index is 11.8. The van der Waals surface area contributed by atoms with Gasteiger partial charge in [0.25, 0.3) is 0 Å². The van der Waals surface area contributed by atoms with Crippen LogP contribution in [0.15, 0.2) is 28.6 Å². The van der Waals surface area contributed by atoms with Crippen LogP contribution in [0.3, 0.4) is 0 Å². The normalized spacial score (nSPS) is 19.8. The molecule has 0 radical (unpaired) electrons. The Morgan fingerprint density at radius 2 is 2.26 bits per heavy atom. The first-order valence-corrected chi connectivity index (χ1v) is 10.6. The number of hydrogen-bond acceptors (Lipinski definition) is 7. The van der Waals surface area contributed by atoms with Crippen LogP contribution in [0.2, 0.25) is 0 Å². The number of ether oxygens (including phenoxy) is 1. The highest BCUT2D eigenvalue weighted by Crippen LogP contribution is 2.42. The van der Waals surface area contributed by atoms with E-state index in [9.17, 15) is 13.2 Å². The summed E-state index contributed by atoms with van der Waals surface area (Å²) in [4.78, 5) is 14.6. The van der Waals surface area contributed by atoms with Gasteiger partial charge in [-0.25, -0.2) is 13.2 Å². The lowest BCUT2D eigenvalue weighted by atomic mass is 10.1. The fourth-order valence-corrected chi connectivity index (χ4v) is 5.41. The Hall–Kier alpha value is -1.32. The van der Waals surface area contributed by atoms with Crippen molar-refractivity contribution < 1.29 is 17.9 Å². The van der Waals surface area contributed by atoms with E-state index < -0.39 is 10.0 Å². The Bertz CT molecular complexity index is 776. The molecule has 0 bridgehead atoms. The lowest BCUT2D eigenvalue weighted by molar-refractivity contribution is 0.0535. The highest BCUT2D eigenvalue weighted by molar-refractivity contribution is 8.18. The van der Waals surface area contributed by atoms with Crippen molar-refractivity contribution in [3.8, 4) is 0 Å². The minimum atomic E-state index is -3.41.